The standard InChI is InChI=1S/C16H17NO4/c18-9-2-1-8-7-11-16(20)4-3-10(19)14-15(16,5-6-17-11)12(8)13(9)21-14/h1-3,11,14,17-20H,4-7H2/t11-,14+,15+,16-/m1/s1. The first kappa shape index (κ1) is 11.9. The highest BCUT2D eigenvalue weighted by Gasteiger charge is 2.70. The molecule has 2 aliphatic heterocycles. The largest absolute Gasteiger partial charge is 0.509 e. The highest BCUT2D eigenvalue weighted by atomic mass is 16.5. The van der Waals surface area contributed by atoms with Crippen molar-refractivity contribution in [2.45, 2.75) is 42.4 Å². The molecule has 2 bridgehead atoms. The van der Waals surface area contributed by atoms with Gasteiger partial charge in [-0.15, -0.1) is 0 Å². The molecule has 21 heavy (non-hydrogen) atoms. The summed E-state index contributed by atoms with van der Waals surface area (Å²) in [7, 11) is 0. The minimum absolute atomic E-state index is 0.0512. The van der Waals surface area contributed by atoms with Crippen LogP contribution >= 0.6 is 0 Å². The first-order valence-corrected chi connectivity index (χ1v) is 7.45. The molecule has 1 fully saturated rings. The van der Waals surface area contributed by atoms with Gasteiger partial charge >= 0.3 is 0 Å². The number of piperidine rings is 1. The van der Waals surface area contributed by atoms with Crippen LogP contribution in [-0.4, -0.2) is 39.6 Å². The third kappa shape index (κ3) is 1.07. The van der Waals surface area contributed by atoms with E-state index in [1.54, 1.807) is 12.1 Å². The van der Waals surface area contributed by atoms with Gasteiger partial charge in [0.25, 0.3) is 0 Å². The van der Waals surface area contributed by atoms with Crippen LogP contribution in [0.3, 0.4) is 0 Å². The first-order valence-electron chi connectivity index (χ1n) is 7.45. The molecule has 4 N–H and O–H groups in total. The number of aromatic hydroxyl groups is 1. The van der Waals surface area contributed by atoms with Crippen LogP contribution in [0.2, 0.25) is 0 Å². The van der Waals surface area contributed by atoms with Gasteiger partial charge in [0.2, 0.25) is 0 Å². The number of nitrogens with one attached hydrogen (secondary N) is 1. The van der Waals surface area contributed by atoms with E-state index in [1.807, 2.05) is 6.07 Å². The van der Waals surface area contributed by atoms with Gasteiger partial charge in [0.1, 0.15) is 5.76 Å². The summed E-state index contributed by atoms with van der Waals surface area (Å²) in [5.41, 5.74) is 0.381. The zero-order chi connectivity index (χ0) is 14.4. The molecule has 5 rings (SSSR count). The number of hydrogen-bond donors (Lipinski definition) is 4. The Balaban J connectivity index is 1.91. The number of ether oxygens (including phenoxy) is 1. The average molecular weight is 287 g/mol. The molecule has 2 heterocycles. The highest BCUT2D eigenvalue weighted by molar-refractivity contribution is 5.63. The number of phenolic OH excluding ortho intramolecular Hbond substituents is 1. The van der Waals surface area contributed by atoms with Gasteiger partial charge in [-0.25, -0.2) is 0 Å². The van der Waals surface area contributed by atoms with Crippen molar-refractivity contribution in [2.24, 2.45) is 0 Å². The van der Waals surface area contributed by atoms with Crippen LogP contribution in [0, 0.1) is 0 Å². The van der Waals surface area contributed by atoms with E-state index in [0.29, 0.717) is 25.0 Å². The molecule has 0 amide bonds. The maximum Gasteiger partial charge on any atom is 0.168 e. The number of aliphatic hydroxyl groups is 2. The monoisotopic (exact) mass is 287 g/mol. The van der Waals surface area contributed by atoms with Crippen LogP contribution in [0.1, 0.15) is 24.0 Å². The Hall–Kier alpha value is -1.72. The van der Waals surface area contributed by atoms with Crippen molar-refractivity contribution in [2.75, 3.05) is 6.54 Å². The number of phenols is 1. The summed E-state index contributed by atoms with van der Waals surface area (Å²) in [6.07, 6.45) is 2.88. The summed E-state index contributed by atoms with van der Waals surface area (Å²) < 4.78 is 5.93. The summed E-state index contributed by atoms with van der Waals surface area (Å²) in [6, 6.07) is 3.50. The molecule has 1 aromatic rings. The zero-order valence-corrected chi connectivity index (χ0v) is 11.5. The lowest BCUT2D eigenvalue weighted by Crippen LogP contribution is -2.74. The quantitative estimate of drug-likeness (QED) is 0.569. The minimum Gasteiger partial charge on any atom is -0.509 e. The number of aliphatic hydroxyl groups excluding tert-OH is 1. The van der Waals surface area contributed by atoms with E-state index in [2.05, 4.69) is 5.32 Å². The smallest absolute Gasteiger partial charge is 0.168 e. The fourth-order valence-electron chi connectivity index (χ4n) is 5.05. The molecule has 0 unspecified atom stereocenters. The predicted octanol–water partition coefficient (Wildman–Crippen LogP) is 0.886. The topological polar surface area (TPSA) is 82.0 Å². The Bertz CT molecular complexity index is 700. The Labute approximate surface area is 121 Å². The Morgan fingerprint density at radius 3 is 3.00 bits per heavy atom. The van der Waals surface area contributed by atoms with Crippen LogP contribution < -0.4 is 10.1 Å². The lowest BCUT2D eigenvalue weighted by molar-refractivity contribution is -0.129. The molecule has 5 heteroatoms. The van der Waals surface area contributed by atoms with Crippen molar-refractivity contribution in [3.63, 3.8) is 0 Å². The first-order chi connectivity index (χ1) is 10.1. The van der Waals surface area contributed by atoms with Gasteiger partial charge in [0.15, 0.2) is 17.6 Å². The van der Waals surface area contributed by atoms with Gasteiger partial charge in [0, 0.05) is 18.0 Å². The fourth-order valence-corrected chi connectivity index (χ4v) is 5.05. The van der Waals surface area contributed by atoms with E-state index in [9.17, 15) is 15.3 Å². The van der Waals surface area contributed by atoms with Gasteiger partial charge in [-0.1, -0.05) is 6.07 Å². The number of rotatable bonds is 0. The molecular formula is C16H17NO4. The molecule has 0 saturated carbocycles. The van der Waals surface area contributed by atoms with Gasteiger partial charge in [-0.3, -0.25) is 0 Å². The van der Waals surface area contributed by atoms with Crippen LogP contribution in [-0.2, 0) is 11.8 Å². The average Bonchev–Trinajstić information content (AvgIpc) is 2.80. The summed E-state index contributed by atoms with van der Waals surface area (Å²) in [5, 5.41) is 35.3. The van der Waals surface area contributed by atoms with Crippen LogP contribution in [0.4, 0.5) is 0 Å². The lowest BCUT2D eigenvalue weighted by atomic mass is 9.50. The maximum atomic E-state index is 11.4. The fraction of sp³-hybridized carbons (Fsp3) is 0.500. The second-order valence-corrected chi connectivity index (χ2v) is 6.64. The normalized spacial score (nSPS) is 42.0. The third-order valence-corrected chi connectivity index (χ3v) is 5.93. The molecule has 1 spiro atoms. The number of hydrogen-bond acceptors (Lipinski definition) is 5. The summed E-state index contributed by atoms with van der Waals surface area (Å²) in [4.78, 5) is 0. The van der Waals surface area contributed by atoms with Crippen molar-refractivity contribution in [1.29, 1.82) is 0 Å². The summed E-state index contributed by atoms with van der Waals surface area (Å²) in [5.74, 6) is 0.701. The van der Waals surface area contributed by atoms with Crippen molar-refractivity contribution < 1.29 is 20.1 Å². The van der Waals surface area contributed by atoms with Crippen LogP contribution in [0.5, 0.6) is 11.5 Å². The highest BCUT2D eigenvalue weighted by Crippen LogP contribution is 2.63. The van der Waals surface area contributed by atoms with Crippen molar-refractivity contribution in [3.8, 4) is 11.5 Å². The second-order valence-electron chi connectivity index (χ2n) is 6.64. The lowest BCUT2D eigenvalue weighted by Gasteiger charge is -2.59. The summed E-state index contributed by atoms with van der Waals surface area (Å²) >= 11 is 0. The molecule has 2 aliphatic carbocycles. The molecule has 0 aromatic heterocycles. The van der Waals surface area contributed by atoms with E-state index in [-0.39, 0.29) is 17.6 Å². The van der Waals surface area contributed by atoms with Crippen molar-refractivity contribution in [1.82, 2.24) is 5.32 Å². The second kappa shape index (κ2) is 3.36. The molecule has 4 aliphatic rings. The van der Waals surface area contributed by atoms with Gasteiger partial charge in [0.05, 0.1) is 11.0 Å². The van der Waals surface area contributed by atoms with Crippen LogP contribution in [0.15, 0.2) is 24.0 Å². The van der Waals surface area contributed by atoms with Gasteiger partial charge in [-0.05, 0) is 37.1 Å². The predicted molar refractivity (Wildman–Crippen MR) is 74.6 cm³/mol. The number of benzene rings is 1. The Kier molecular flexibility index (Phi) is 1.90. The SMILES string of the molecule is OC1=CC[C@@]2(O)[C@H]3Cc4ccc(O)c5c4[C@@]2(CCN3)[C@H]1O5. The van der Waals surface area contributed by atoms with E-state index in [1.165, 1.54) is 0 Å². The van der Waals surface area contributed by atoms with Crippen molar-refractivity contribution in [3.05, 3.63) is 35.1 Å². The zero-order valence-electron chi connectivity index (χ0n) is 11.5. The minimum atomic E-state index is -0.978. The van der Waals surface area contributed by atoms with E-state index in [4.69, 9.17) is 4.74 Å². The molecule has 1 saturated heterocycles. The van der Waals surface area contributed by atoms with Crippen LogP contribution in [0.25, 0.3) is 0 Å². The molecular weight excluding hydrogens is 270 g/mol. The van der Waals surface area contributed by atoms with E-state index >= 15 is 0 Å². The van der Waals surface area contributed by atoms with Crippen molar-refractivity contribution >= 4 is 0 Å². The third-order valence-electron chi connectivity index (χ3n) is 5.93. The molecule has 1 aromatic carbocycles. The Morgan fingerprint density at radius 1 is 1.29 bits per heavy atom. The van der Waals surface area contributed by atoms with E-state index in [0.717, 1.165) is 17.7 Å². The maximum absolute atomic E-state index is 11.4. The molecule has 5 nitrogen and oxygen atoms in total. The summed E-state index contributed by atoms with van der Waals surface area (Å²) in [6.45, 7) is 0.772. The van der Waals surface area contributed by atoms with E-state index < -0.39 is 17.1 Å². The molecule has 0 radical (unpaired) electrons. The van der Waals surface area contributed by atoms with Gasteiger partial charge in [-0.2, -0.15) is 0 Å². The molecule has 4 atom stereocenters. The Morgan fingerprint density at radius 2 is 2.14 bits per heavy atom. The molecule has 110 valence electrons. The van der Waals surface area contributed by atoms with Gasteiger partial charge < -0.3 is 25.4 Å².